The number of alkyl carbamates (subject to hydrolysis) is 1. The van der Waals surface area contributed by atoms with Crippen molar-refractivity contribution in [2.24, 2.45) is 0 Å². The molecule has 104 valence electrons. The zero-order valence-electron chi connectivity index (χ0n) is 11.2. The first kappa shape index (κ1) is 13.4. The Morgan fingerprint density at radius 3 is 3.00 bits per heavy atom. The fraction of sp³-hybridized carbons (Fsp3) is 0.583. The van der Waals surface area contributed by atoms with Gasteiger partial charge in [-0.3, -0.25) is 4.79 Å². The van der Waals surface area contributed by atoms with Crippen molar-refractivity contribution < 1.29 is 19.1 Å². The van der Waals surface area contributed by atoms with Gasteiger partial charge in [-0.25, -0.2) is 9.48 Å². The van der Waals surface area contributed by atoms with Crippen molar-refractivity contribution in [1.82, 2.24) is 15.1 Å². The van der Waals surface area contributed by atoms with Gasteiger partial charge in [0.05, 0.1) is 12.6 Å². The summed E-state index contributed by atoms with van der Waals surface area (Å²) in [6.07, 6.45) is 0.164. The van der Waals surface area contributed by atoms with Gasteiger partial charge < -0.3 is 14.8 Å². The molecule has 0 aromatic carbocycles. The number of ether oxygens (including phenoxy) is 2. The lowest BCUT2D eigenvalue weighted by molar-refractivity contribution is 0.0461. The summed E-state index contributed by atoms with van der Waals surface area (Å²) in [7, 11) is 0. The van der Waals surface area contributed by atoms with E-state index in [-0.39, 0.29) is 6.04 Å². The summed E-state index contributed by atoms with van der Waals surface area (Å²) in [6.45, 7) is 6.16. The Hall–Kier alpha value is -2.05. The second kappa shape index (κ2) is 4.91. The normalized spacial score (nSPS) is 18.2. The Morgan fingerprint density at radius 2 is 2.37 bits per heavy atom. The molecule has 1 amide bonds. The molecule has 0 aliphatic carbocycles. The maximum Gasteiger partial charge on any atom is 0.408 e. The molecule has 1 N–H and O–H groups in total. The number of fused-ring (bicyclic) bond motifs is 1. The molecule has 1 aliphatic rings. The third-order valence-electron chi connectivity index (χ3n) is 2.43. The van der Waals surface area contributed by atoms with Crippen molar-refractivity contribution in [2.75, 3.05) is 6.61 Å². The molecule has 7 nitrogen and oxygen atoms in total. The second-order valence-electron chi connectivity index (χ2n) is 5.36. The molecule has 1 aromatic rings. The Morgan fingerprint density at radius 1 is 1.63 bits per heavy atom. The van der Waals surface area contributed by atoms with Gasteiger partial charge in [0.15, 0.2) is 6.29 Å². The van der Waals surface area contributed by atoms with Gasteiger partial charge in [-0.1, -0.05) is 0 Å². The van der Waals surface area contributed by atoms with E-state index in [4.69, 9.17) is 9.47 Å². The zero-order valence-corrected chi connectivity index (χ0v) is 11.2. The summed E-state index contributed by atoms with van der Waals surface area (Å²) in [5, 5.41) is 6.74. The van der Waals surface area contributed by atoms with Crippen LogP contribution in [-0.2, 0) is 11.3 Å². The number of aromatic nitrogens is 2. The predicted molar refractivity (Wildman–Crippen MR) is 66.3 cm³/mol. The topological polar surface area (TPSA) is 82.4 Å². The number of nitrogens with one attached hydrogen (secondary N) is 1. The third-order valence-corrected chi connectivity index (χ3v) is 2.43. The summed E-state index contributed by atoms with van der Waals surface area (Å²) in [6, 6.07) is 1.33. The number of aldehydes is 1. The van der Waals surface area contributed by atoms with Crippen LogP contribution in [0.2, 0.25) is 0 Å². The van der Waals surface area contributed by atoms with E-state index in [2.05, 4.69) is 10.4 Å². The maximum atomic E-state index is 11.6. The molecule has 7 heteroatoms. The molecule has 1 aromatic heterocycles. The van der Waals surface area contributed by atoms with Crippen LogP contribution in [0.25, 0.3) is 0 Å². The lowest BCUT2D eigenvalue weighted by Crippen LogP contribution is -2.46. The Balaban J connectivity index is 1.94. The largest absolute Gasteiger partial charge is 0.476 e. The van der Waals surface area contributed by atoms with E-state index in [1.165, 1.54) is 0 Å². The highest BCUT2D eigenvalue weighted by atomic mass is 16.6. The number of rotatable bonds is 2. The Bertz CT molecular complexity index is 490. The number of amides is 1. The molecule has 19 heavy (non-hydrogen) atoms. The van der Waals surface area contributed by atoms with Gasteiger partial charge in [-0.05, 0) is 20.8 Å². The van der Waals surface area contributed by atoms with Crippen LogP contribution >= 0.6 is 0 Å². The monoisotopic (exact) mass is 267 g/mol. The molecule has 1 atom stereocenters. The average molecular weight is 267 g/mol. The minimum atomic E-state index is -0.541. The number of nitrogens with zero attached hydrogens (tertiary/aromatic N) is 2. The molecule has 0 bridgehead atoms. The van der Waals surface area contributed by atoms with Crippen LogP contribution in [0.4, 0.5) is 4.79 Å². The van der Waals surface area contributed by atoms with E-state index in [0.29, 0.717) is 31.0 Å². The van der Waals surface area contributed by atoms with E-state index in [0.717, 1.165) is 0 Å². The fourth-order valence-corrected chi connectivity index (χ4v) is 1.73. The molecule has 2 heterocycles. The molecule has 0 spiro atoms. The van der Waals surface area contributed by atoms with Crippen LogP contribution in [0.1, 0.15) is 31.3 Å². The second-order valence-corrected chi connectivity index (χ2v) is 5.36. The fourth-order valence-electron chi connectivity index (χ4n) is 1.73. The van der Waals surface area contributed by atoms with E-state index in [1.54, 1.807) is 31.5 Å². The molecule has 1 unspecified atom stereocenters. The first-order chi connectivity index (χ1) is 8.87. The van der Waals surface area contributed by atoms with Crippen molar-refractivity contribution in [1.29, 1.82) is 0 Å². The SMILES string of the molecule is CC(C)(C)OC(=O)NC1COc2cc(C=O)nn2C1. The Labute approximate surface area is 110 Å². The van der Waals surface area contributed by atoms with Gasteiger partial charge in [0.2, 0.25) is 5.88 Å². The van der Waals surface area contributed by atoms with Crippen LogP contribution in [0.3, 0.4) is 0 Å². The molecular weight excluding hydrogens is 250 g/mol. The minimum absolute atomic E-state index is 0.234. The van der Waals surface area contributed by atoms with E-state index >= 15 is 0 Å². The van der Waals surface area contributed by atoms with Gasteiger partial charge in [0.1, 0.15) is 17.9 Å². The van der Waals surface area contributed by atoms with Gasteiger partial charge in [0, 0.05) is 6.07 Å². The van der Waals surface area contributed by atoms with Crippen LogP contribution < -0.4 is 10.1 Å². The van der Waals surface area contributed by atoms with Gasteiger partial charge in [-0.2, -0.15) is 5.10 Å². The van der Waals surface area contributed by atoms with Crippen molar-refractivity contribution in [3.63, 3.8) is 0 Å². The van der Waals surface area contributed by atoms with Crippen molar-refractivity contribution >= 4 is 12.4 Å². The highest BCUT2D eigenvalue weighted by Gasteiger charge is 2.25. The summed E-state index contributed by atoms with van der Waals surface area (Å²) in [5.74, 6) is 0.532. The summed E-state index contributed by atoms with van der Waals surface area (Å²) in [5.41, 5.74) is -0.228. The van der Waals surface area contributed by atoms with Crippen molar-refractivity contribution in [2.45, 2.75) is 39.0 Å². The van der Waals surface area contributed by atoms with E-state index in [9.17, 15) is 9.59 Å². The van der Waals surface area contributed by atoms with Crippen molar-refractivity contribution in [3.8, 4) is 5.88 Å². The maximum absolute atomic E-state index is 11.6. The smallest absolute Gasteiger partial charge is 0.408 e. The zero-order chi connectivity index (χ0) is 14.0. The molecule has 0 radical (unpaired) electrons. The van der Waals surface area contributed by atoms with E-state index < -0.39 is 11.7 Å². The summed E-state index contributed by atoms with van der Waals surface area (Å²) < 4.78 is 12.1. The number of carbonyl (C=O) groups excluding carboxylic acids is 2. The molecule has 0 fully saturated rings. The van der Waals surface area contributed by atoms with Crippen LogP contribution in [-0.4, -0.2) is 40.4 Å². The minimum Gasteiger partial charge on any atom is -0.476 e. The first-order valence-electron chi connectivity index (χ1n) is 6.03. The average Bonchev–Trinajstić information content (AvgIpc) is 2.68. The van der Waals surface area contributed by atoms with Crippen LogP contribution in [0.5, 0.6) is 5.88 Å². The number of hydrogen-bond donors (Lipinski definition) is 1. The molecule has 0 saturated heterocycles. The van der Waals surface area contributed by atoms with Gasteiger partial charge in [-0.15, -0.1) is 0 Å². The van der Waals surface area contributed by atoms with Crippen LogP contribution in [0.15, 0.2) is 6.07 Å². The standard InChI is InChI=1S/C12H17N3O4/c1-12(2,3)19-11(17)13-9-5-15-10(18-7-9)4-8(6-16)14-15/h4,6,9H,5,7H2,1-3H3,(H,13,17). The third kappa shape index (κ3) is 3.46. The lowest BCUT2D eigenvalue weighted by atomic mass is 10.2. The predicted octanol–water partition coefficient (Wildman–Crippen LogP) is 0.981. The molecular formula is C12H17N3O4. The van der Waals surface area contributed by atoms with Gasteiger partial charge >= 0.3 is 6.09 Å². The summed E-state index contributed by atoms with van der Waals surface area (Å²) in [4.78, 5) is 22.2. The molecule has 2 rings (SSSR count). The lowest BCUT2D eigenvalue weighted by Gasteiger charge is -2.26. The van der Waals surface area contributed by atoms with E-state index in [1.807, 2.05) is 0 Å². The quantitative estimate of drug-likeness (QED) is 0.808. The molecule has 1 aliphatic heterocycles. The van der Waals surface area contributed by atoms with Crippen molar-refractivity contribution in [3.05, 3.63) is 11.8 Å². The highest BCUT2D eigenvalue weighted by Crippen LogP contribution is 2.18. The van der Waals surface area contributed by atoms with Gasteiger partial charge in [0.25, 0.3) is 0 Å². The highest BCUT2D eigenvalue weighted by molar-refractivity contribution is 5.72. The Kier molecular flexibility index (Phi) is 3.46. The number of carbonyl (C=O) groups is 2. The van der Waals surface area contributed by atoms with Crippen LogP contribution in [0, 0.1) is 0 Å². The molecule has 0 saturated carbocycles. The summed E-state index contributed by atoms with van der Waals surface area (Å²) >= 11 is 0. The number of hydrogen-bond acceptors (Lipinski definition) is 5. The first-order valence-corrected chi connectivity index (χ1v) is 6.03.